The SMILES string of the molecule is CCNc1cc(Sc2ncc(C)cn2)nc(C(C)(C)C)n1. The van der Waals surface area contributed by atoms with Crippen LogP contribution in [0.15, 0.2) is 28.6 Å². The Balaban J connectivity index is 2.33. The number of anilines is 1. The van der Waals surface area contributed by atoms with Crippen molar-refractivity contribution in [1.29, 1.82) is 0 Å². The quantitative estimate of drug-likeness (QED) is 0.689. The maximum absolute atomic E-state index is 4.64. The van der Waals surface area contributed by atoms with Crippen molar-refractivity contribution in [2.75, 3.05) is 11.9 Å². The molecule has 2 heterocycles. The number of hydrogen-bond donors (Lipinski definition) is 1. The van der Waals surface area contributed by atoms with Crippen molar-refractivity contribution in [3.05, 3.63) is 29.8 Å². The van der Waals surface area contributed by atoms with Crippen LogP contribution in [0.5, 0.6) is 0 Å². The Morgan fingerprint density at radius 1 is 1.14 bits per heavy atom. The van der Waals surface area contributed by atoms with E-state index in [-0.39, 0.29) is 5.41 Å². The molecule has 5 nitrogen and oxygen atoms in total. The molecule has 0 aliphatic heterocycles. The number of nitrogens with zero attached hydrogens (tertiary/aromatic N) is 4. The maximum Gasteiger partial charge on any atom is 0.193 e. The molecule has 0 saturated heterocycles. The average Bonchev–Trinajstić information content (AvgIpc) is 2.41. The van der Waals surface area contributed by atoms with Crippen LogP contribution in [0.1, 0.15) is 39.1 Å². The fourth-order valence-electron chi connectivity index (χ4n) is 1.61. The van der Waals surface area contributed by atoms with Crippen LogP contribution in [-0.4, -0.2) is 26.5 Å². The van der Waals surface area contributed by atoms with Crippen molar-refractivity contribution in [2.24, 2.45) is 0 Å². The molecule has 0 unspecified atom stereocenters. The van der Waals surface area contributed by atoms with E-state index in [4.69, 9.17) is 0 Å². The number of rotatable bonds is 4. The lowest BCUT2D eigenvalue weighted by molar-refractivity contribution is 0.539. The van der Waals surface area contributed by atoms with E-state index in [1.807, 2.05) is 25.4 Å². The van der Waals surface area contributed by atoms with Gasteiger partial charge >= 0.3 is 0 Å². The molecule has 0 amide bonds. The summed E-state index contributed by atoms with van der Waals surface area (Å²) in [7, 11) is 0. The van der Waals surface area contributed by atoms with Gasteiger partial charge in [-0.2, -0.15) is 0 Å². The van der Waals surface area contributed by atoms with Gasteiger partial charge in [0.2, 0.25) is 0 Å². The van der Waals surface area contributed by atoms with Gasteiger partial charge in [0.05, 0.1) is 0 Å². The molecule has 0 atom stereocenters. The third kappa shape index (κ3) is 4.39. The van der Waals surface area contributed by atoms with Crippen LogP contribution in [0.2, 0.25) is 0 Å². The summed E-state index contributed by atoms with van der Waals surface area (Å²) in [6.07, 6.45) is 3.62. The molecular formula is C15H21N5S. The zero-order valence-electron chi connectivity index (χ0n) is 13.1. The Morgan fingerprint density at radius 3 is 2.38 bits per heavy atom. The van der Waals surface area contributed by atoms with E-state index in [1.165, 1.54) is 11.8 Å². The van der Waals surface area contributed by atoms with Crippen LogP contribution >= 0.6 is 11.8 Å². The summed E-state index contributed by atoms with van der Waals surface area (Å²) in [6.45, 7) is 11.2. The molecule has 0 radical (unpaired) electrons. The molecule has 0 aliphatic rings. The van der Waals surface area contributed by atoms with Gasteiger partial charge in [0.15, 0.2) is 5.16 Å². The zero-order valence-corrected chi connectivity index (χ0v) is 14.0. The summed E-state index contributed by atoms with van der Waals surface area (Å²) < 4.78 is 0. The summed E-state index contributed by atoms with van der Waals surface area (Å²) in [5.41, 5.74) is 0.945. The number of aromatic nitrogens is 4. The van der Waals surface area contributed by atoms with Crippen molar-refractivity contribution < 1.29 is 0 Å². The lowest BCUT2D eigenvalue weighted by atomic mass is 9.96. The summed E-state index contributed by atoms with van der Waals surface area (Å²) in [5, 5.41) is 4.80. The van der Waals surface area contributed by atoms with Gasteiger partial charge in [0.1, 0.15) is 16.7 Å². The molecule has 2 aromatic heterocycles. The summed E-state index contributed by atoms with van der Waals surface area (Å²) in [5.74, 6) is 1.66. The van der Waals surface area contributed by atoms with Crippen LogP contribution in [0.4, 0.5) is 5.82 Å². The normalized spacial score (nSPS) is 11.5. The van der Waals surface area contributed by atoms with Gasteiger partial charge in [-0.05, 0) is 31.2 Å². The van der Waals surface area contributed by atoms with Crippen LogP contribution < -0.4 is 5.32 Å². The molecule has 1 N–H and O–H groups in total. The Kier molecular flexibility index (Phi) is 4.77. The minimum atomic E-state index is -0.102. The highest BCUT2D eigenvalue weighted by Gasteiger charge is 2.19. The molecule has 0 saturated carbocycles. The van der Waals surface area contributed by atoms with Gasteiger partial charge in [-0.1, -0.05) is 20.8 Å². The lowest BCUT2D eigenvalue weighted by Gasteiger charge is -2.18. The monoisotopic (exact) mass is 303 g/mol. The molecule has 2 rings (SSSR count). The minimum Gasteiger partial charge on any atom is -0.370 e. The molecule has 0 aliphatic carbocycles. The Bertz CT molecular complexity index is 604. The third-order valence-corrected chi connectivity index (χ3v) is 3.50. The van der Waals surface area contributed by atoms with Gasteiger partial charge in [0, 0.05) is 30.4 Å². The molecule has 2 aromatic rings. The zero-order chi connectivity index (χ0) is 15.5. The van der Waals surface area contributed by atoms with Crippen LogP contribution in [0.25, 0.3) is 0 Å². The molecule has 112 valence electrons. The van der Waals surface area contributed by atoms with Gasteiger partial charge in [-0.3, -0.25) is 0 Å². The largest absolute Gasteiger partial charge is 0.370 e. The second-order valence-electron chi connectivity index (χ2n) is 5.84. The second kappa shape index (κ2) is 6.39. The standard InChI is InChI=1S/C15H21N5S/c1-6-16-11-7-12(20-13(19-11)15(3,4)5)21-14-17-8-10(2)9-18-14/h7-9H,6H2,1-5H3,(H,16,19,20). The number of nitrogens with one attached hydrogen (secondary N) is 1. The molecule has 0 spiro atoms. The number of aryl methyl sites for hydroxylation is 1. The topological polar surface area (TPSA) is 63.6 Å². The Labute approximate surface area is 130 Å². The van der Waals surface area contributed by atoms with E-state index >= 15 is 0 Å². The van der Waals surface area contributed by atoms with Crippen molar-refractivity contribution in [3.63, 3.8) is 0 Å². The molecule has 0 fully saturated rings. The van der Waals surface area contributed by atoms with E-state index in [9.17, 15) is 0 Å². The van der Waals surface area contributed by atoms with Crippen LogP contribution in [0, 0.1) is 6.92 Å². The van der Waals surface area contributed by atoms with Gasteiger partial charge in [-0.25, -0.2) is 19.9 Å². The molecule has 0 bridgehead atoms. The van der Waals surface area contributed by atoms with Crippen molar-refractivity contribution in [3.8, 4) is 0 Å². The fourth-order valence-corrected chi connectivity index (χ4v) is 2.31. The predicted octanol–water partition coefficient (Wildman–Crippen LogP) is 3.46. The Hall–Kier alpha value is -1.69. The van der Waals surface area contributed by atoms with Gasteiger partial charge in [0.25, 0.3) is 0 Å². The summed E-state index contributed by atoms with van der Waals surface area (Å²) in [4.78, 5) is 17.8. The first kappa shape index (κ1) is 15.7. The highest BCUT2D eigenvalue weighted by molar-refractivity contribution is 7.99. The number of hydrogen-bond acceptors (Lipinski definition) is 6. The first-order valence-electron chi connectivity index (χ1n) is 6.98. The molecule has 21 heavy (non-hydrogen) atoms. The van der Waals surface area contributed by atoms with Gasteiger partial charge in [-0.15, -0.1) is 0 Å². The molecule has 0 aromatic carbocycles. The van der Waals surface area contributed by atoms with E-state index in [0.717, 1.165) is 28.8 Å². The Morgan fingerprint density at radius 2 is 1.81 bits per heavy atom. The molecule has 6 heteroatoms. The summed E-state index contributed by atoms with van der Waals surface area (Å²) >= 11 is 1.45. The fraction of sp³-hybridized carbons (Fsp3) is 0.467. The minimum absolute atomic E-state index is 0.102. The first-order valence-corrected chi connectivity index (χ1v) is 7.80. The highest BCUT2D eigenvalue weighted by Crippen LogP contribution is 2.27. The predicted molar refractivity (Wildman–Crippen MR) is 85.8 cm³/mol. The third-order valence-electron chi connectivity index (χ3n) is 2.68. The molecular weight excluding hydrogens is 282 g/mol. The van der Waals surface area contributed by atoms with E-state index in [1.54, 1.807) is 0 Å². The van der Waals surface area contributed by atoms with Crippen LogP contribution in [-0.2, 0) is 5.41 Å². The van der Waals surface area contributed by atoms with E-state index < -0.39 is 0 Å². The van der Waals surface area contributed by atoms with E-state index in [2.05, 4.69) is 52.9 Å². The van der Waals surface area contributed by atoms with Crippen molar-refractivity contribution in [2.45, 2.75) is 50.2 Å². The van der Waals surface area contributed by atoms with Crippen molar-refractivity contribution in [1.82, 2.24) is 19.9 Å². The highest BCUT2D eigenvalue weighted by atomic mass is 32.2. The smallest absolute Gasteiger partial charge is 0.193 e. The van der Waals surface area contributed by atoms with E-state index in [0.29, 0.717) is 5.16 Å². The average molecular weight is 303 g/mol. The second-order valence-corrected chi connectivity index (χ2v) is 6.83. The van der Waals surface area contributed by atoms with Crippen LogP contribution in [0.3, 0.4) is 0 Å². The lowest BCUT2D eigenvalue weighted by Crippen LogP contribution is -2.17. The van der Waals surface area contributed by atoms with Gasteiger partial charge < -0.3 is 5.32 Å². The first-order chi connectivity index (χ1) is 9.88. The van der Waals surface area contributed by atoms with Crippen molar-refractivity contribution >= 4 is 17.6 Å². The maximum atomic E-state index is 4.64. The summed E-state index contributed by atoms with van der Waals surface area (Å²) in [6, 6.07) is 1.94.